The fraction of sp³-hybridized carbons (Fsp3) is 1.00. The van der Waals surface area contributed by atoms with Crippen LogP contribution in [0.5, 0.6) is 0 Å². The summed E-state index contributed by atoms with van der Waals surface area (Å²) in [6.45, 7) is 3.02. The molecule has 0 amide bonds. The second-order valence-corrected chi connectivity index (χ2v) is 3.12. The van der Waals surface area contributed by atoms with Crippen molar-refractivity contribution in [1.29, 1.82) is 0 Å². The normalized spacial score (nSPS) is 29.2. The average Bonchev–Trinajstić information content (AvgIpc) is 2.26. The molecule has 1 atom stereocenters. The third kappa shape index (κ3) is 2.73. The SMILES string of the molecule is CCOCC1CCC(F)(F)C1. The highest BCUT2D eigenvalue weighted by atomic mass is 19.3. The van der Waals surface area contributed by atoms with E-state index in [1.54, 1.807) is 0 Å². The zero-order chi connectivity index (χ0) is 8.32. The fourth-order valence-corrected chi connectivity index (χ4v) is 1.47. The molecule has 1 saturated carbocycles. The van der Waals surface area contributed by atoms with Gasteiger partial charge in [0.25, 0.3) is 0 Å². The van der Waals surface area contributed by atoms with Crippen molar-refractivity contribution in [2.75, 3.05) is 13.2 Å². The van der Waals surface area contributed by atoms with Gasteiger partial charge in [0, 0.05) is 26.1 Å². The van der Waals surface area contributed by atoms with Gasteiger partial charge in [-0.15, -0.1) is 0 Å². The Morgan fingerprint density at radius 1 is 1.55 bits per heavy atom. The van der Waals surface area contributed by atoms with E-state index in [-0.39, 0.29) is 18.8 Å². The minimum absolute atomic E-state index is 0.0208. The Bertz CT molecular complexity index is 125. The molecule has 66 valence electrons. The monoisotopic (exact) mass is 164 g/mol. The van der Waals surface area contributed by atoms with Gasteiger partial charge in [0.2, 0.25) is 5.92 Å². The van der Waals surface area contributed by atoms with Crippen molar-refractivity contribution in [1.82, 2.24) is 0 Å². The van der Waals surface area contributed by atoms with Gasteiger partial charge in [-0.2, -0.15) is 0 Å². The van der Waals surface area contributed by atoms with Crippen LogP contribution in [0.15, 0.2) is 0 Å². The lowest BCUT2D eigenvalue weighted by atomic mass is 10.1. The fourth-order valence-electron chi connectivity index (χ4n) is 1.47. The van der Waals surface area contributed by atoms with Crippen LogP contribution in [0.25, 0.3) is 0 Å². The van der Waals surface area contributed by atoms with Crippen molar-refractivity contribution >= 4 is 0 Å². The van der Waals surface area contributed by atoms with Crippen LogP contribution in [0, 0.1) is 5.92 Å². The molecule has 0 heterocycles. The molecule has 0 spiro atoms. The minimum Gasteiger partial charge on any atom is -0.381 e. The van der Waals surface area contributed by atoms with E-state index in [0.717, 1.165) is 0 Å². The minimum atomic E-state index is -2.41. The summed E-state index contributed by atoms with van der Waals surface area (Å²) in [5, 5.41) is 0. The van der Waals surface area contributed by atoms with Gasteiger partial charge in [-0.1, -0.05) is 0 Å². The lowest BCUT2D eigenvalue weighted by molar-refractivity contribution is -0.000843. The molecule has 1 fully saturated rings. The quantitative estimate of drug-likeness (QED) is 0.622. The Morgan fingerprint density at radius 2 is 2.27 bits per heavy atom. The molecule has 0 aliphatic heterocycles. The van der Waals surface area contributed by atoms with Gasteiger partial charge in [-0.3, -0.25) is 0 Å². The highest BCUT2D eigenvalue weighted by molar-refractivity contribution is 4.80. The highest BCUT2D eigenvalue weighted by Crippen LogP contribution is 2.38. The molecule has 1 unspecified atom stereocenters. The number of rotatable bonds is 3. The van der Waals surface area contributed by atoms with Crippen LogP contribution >= 0.6 is 0 Å². The van der Waals surface area contributed by atoms with E-state index in [9.17, 15) is 8.78 Å². The molecule has 1 rings (SSSR count). The van der Waals surface area contributed by atoms with Gasteiger partial charge in [0.05, 0.1) is 0 Å². The molecule has 0 saturated heterocycles. The zero-order valence-electron chi connectivity index (χ0n) is 6.78. The Labute approximate surface area is 65.7 Å². The summed E-state index contributed by atoms with van der Waals surface area (Å²) in [5.74, 6) is -2.33. The third-order valence-electron chi connectivity index (χ3n) is 2.06. The summed E-state index contributed by atoms with van der Waals surface area (Å²) in [5.41, 5.74) is 0. The molecule has 1 aliphatic carbocycles. The Kier molecular flexibility index (Phi) is 2.82. The maximum Gasteiger partial charge on any atom is 0.248 e. The van der Waals surface area contributed by atoms with Crippen LogP contribution in [-0.2, 0) is 4.74 Å². The lowest BCUT2D eigenvalue weighted by Crippen LogP contribution is -2.12. The predicted octanol–water partition coefficient (Wildman–Crippen LogP) is 2.46. The molecule has 3 heteroatoms. The zero-order valence-corrected chi connectivity index (χ0v) is 6.78. The van der Waals surface area contributed by atoms with E-state index in [4.69, 9.17) is 4.74 Å². The molecule has 0 N–H and O–H groups in total. The van der Waals surface area contributed by atoms with Crippen LogP contribution in [0.2, 0.25) is 0 Å². The maximum atomic E-state index is 12.6. The largest absolute Gasteiger partial charge is 0.381 e. The summed E-state index contributed by atoms with van der Waals surface area (Å²) >= 11 is 0. The highest BCUT2D eigenvalue weighted by Gasteiger charge is 2.39. The van der Waals surface area contributed by atoms with E-state index in [1.165, 1.54) is 0 Å². The van der Waals surface area contributed by atoms with E-state index in [2.05, 4.69) is 0 Å². The van der Waals surface area contributed by atoms with Crippen LogP contribution in [0.1, 0.15) is 26.2 Å². The summed E-state index contributed by atoms with van der Waals surface area (Å²) < 4.78 is 30.2. The third-order valence-corrected chi connectivity index (χ3v) is 2.06. The molecule has 0 aromatic heterocycles. The molecule has 11 heavy (non-hydrogen) atoms. The first kappa shape index (κ1) is 8.91. The summed E-state index contributed by atoms with van der Waals surface area (Å²) in [7, 11) is 0. The molecule has 1 nitrogen and oxygen atoms in total. The van der Waals surface area contributed by atoms with Crippen molar-refractivity contribution in [3.63, 3.8) is 0 Å². The molecule has 0 aromatic rings. The Balaban J connectivity index is 2.20. The molecule has 0 bridgehead atoms. The number of ether oxygens (including phenoxy) is 1. The van der Waals surface area contributed by atoms with Gasteiger partial charge >= 0.3 is 0 Å². The summed E-state index contributed by atoms with van der Waals surface area (Å²) in [4.78, 5) is 0. The van der Waals surface area contributed by atoms with Crippen molar-refractivity contribution in [3.8, 4) is 0 Å². The van der Waals surface area contributed by atoms with Crippen molar-refractivity contribution in [2.24, 2.45) is 5.92 Å². The first-order chi connectivity index (χ1) is 5.14. The summed E-state index contributed by atoms with van der Waals surface area (Å²) in [6.07, 6.45) is 0.685. The summed E-state index contributed by atoms with van der Waals surface area (Å²) in [6, 6.07) is 0. The molecule has 1 aliphatic rings. The van der Waals surface area contributed by atoms with Gasteiger partial charge in [0.1, 0.15) is 0 Å². The smallest absolute Gasteiger partial charge is 0.248 e. The van der Waals surface area contributed by atoms with Crippen LogP contribution in [-0.4, -0.2) is 19.1 Å². The predicted molar refractivity (Wildman–Crippen MR) is 38.8 cm³/mol. The van der Waals surface area contributed by atoms with Crippen molar-refractivity contribution in [3.05, 3.63) is 0 Å². The topological polar surface area (TPSA) is 9.23 Å². The number of hydrogen-bond acceptors (Lipinski definition) is 1. The van der Waals surface area contributed by atoms with E-state index < -0.39 is 5.92 Å². The van der Waals surface area contributed by atoms with Gasteiger partial charge in [0.15, 0.2) is 0 Å². The van der Waals surface area contributed by atoms with Gasteiger partial charge in [-0.25, -0.2) is 8.78 Å². The number of hydrogen-bond donors (Lipinski definition) is 0. The lowest BCUT2D eigenvalue weighted by Gasteiger charge is -2.09. The van der Waals surface area contributed by atoms with Crippen LogP contribution < -0.4 is 0 Å². The van der Waals surface area contributed by atoms with Crippen molar-refractivity contribution in [2.45, 2.75) is 32.1 Å². The first-order valence-corrected chi connectivity index (χ1v) is 4.09. The molecular formula is C8H14F2O. The standard InChI is InChI=1S/C8H14F2O/c1-2-11-6-7-3-4-8(9,10)5-7/h7H,2-6H2,1H3. The second-order valence-electron chi connectivity index (χ2n) is 3.12. The molecule has 0 aromatic carbocycles. The van der Waals surface area contributed by atoms with Gasteiger partial charge in [-0.05, 0) is 19.3 Å². The second kappa shape index (κ2) is 3.48. The number of halogens is 2. The van der Waals surface area contributed by atoms with E-state index >= 15 is 0 Å². The van der Waals surface area contributed by atoms with Crippen molar-refractivity contribution < 1.29 is 13.5 Å². The van der Waals surface area contributed by atoms with E-state index in [0.29, 0.717) is 19.6 Å². The van der Waals surface area contributed by atoms with Crippen LogP contribution in [0.3, 0.4) is 0 Å². The van der Waals surface area contributed by atoms with E-state index in [1.807, 2.05) is 6.92 Å². The molecule has 0 radical (unpaired) electrons. The van der Waals surface area contributed by atoms with Gasteiger partial charge < -0.3 is 4.74 Å². The first-order valence-electron chi connectivity index (χ1n) is 4.09. The maximum absolute atomic E-state index is 12.6. The average molecular weight is 164 g/mol. The Hall–Kier alpha value is -0.180. The number of alkyl halides is 2. The Morgan fingerprint density at radius 3 is 2.73 bits per heavy atom. The van der Waals surface area contributed by atoms with Crippen LogP contribution in [0.4, 0.5) is 8.78 Å². The molecular weight excluding hydrogens is 150 g/mol.